The predicted molar refractivity (Wildman–Crippen MR) is 79.2 cm³/mol. The summed E-state index contributed by atoms with van der Waals surface area (Å²) in [5.41, 5.74) is 2.48. The van der Waals surface area contributed by atoms with Crippen molar-refractivity contribution in [2.24, 2.45) is 5.41 Å². The first-order valence-electron chi connectivity index (χ1n) is 7.90. The van der Waals surface area contributed by atoms with Crippen LogP contribution in [0.5, 0.6) is 0 Å². The van der Waals surface area contributed by atoms with E-state index in [2.05, 4.69) is 35.6 Å². The summed E-state index contributed by atoms with van der Waals surface area (Å²) in [5, 5.41) is 3.58. The third kappa shape index (κ3) is 2.43. The van der Waals surface area contributed by atoms with Crippen molar-refractivity contribution in [1.82, 2.24) is 10.3 Å². The first-order chi connectivity index (χ1) is 9.29. The second-order valence-corrected chi connectivity index (χ2v) is 6.72. The quantitative estimate of drug-likeness (QED) is 0.891. The van der Waals surface area contributed by atoms with Gasteiger partial charge in [-0.2, -0.15) is 0 Å². The maximum atomic E-state index is 4.35. The molecule has 1 N–H and O–H groups in total. The van der Waals surface area contributed by atoms with Crippen LogP contribution in [0.2, 0.25) is 0 Å². The molecule has 2 saturated carbocycles. The van der Waals surface area contributed by atoms with Crippen LogP contribution in [0.15, 0.2) is 24.5 Å². The van der Waals surface area contributed by atoms with Crippen molar-refractivity contribution < 1.29 is 0 Å². The second kappa shape index (κ2) is 5.24. The zero-order valence-corrected chi connectivity index (χ0v) is 12.1. The lowest BCUT2D eigenvalue weighted by molar-refractivity contribution is -0.0127. The van der Waals surface area contributed by atoms with Gasteiger partial charge in [-0.3, -0.25) is 4.98 Å². The van der Waals surface area contributed by atoms with Crippen molar-refractivity contribution in [3.63, 3.8) is 0 Å². The highest BCUT2D eigenvalue weighted by Crippen LogP contribution is 2.61. The molecule has 2 fully saturated rings. The van der Waals surface area contributed by atoms with E-state index in [4.69, 9.17) is 0 Å². The maximum absolute atomic E-state index is 4.35. The molecule has 0 saturated heterocycles. The van der Waals surface area contributed by atoms with E-state index in [1.54, 1.807) is 0 Å². The van der Waals surface area contributed by atoms with Gasteiger partial charge >= 0.3 is 0 Å². The summed E-state index contributed by atoms with van der Waals surface area (Å²) in [4.78, 5) is 4.35. The predicted octanol–water partition coefficient (Wildman–Crippen LogP) is 3.67. The fourth-order valence-corrected chi connectivity index (χ4v) is 4.51. The first-order valence-corrected chi connectivity index (χ1v) is 7.90. The van der Waals surface area contributed by atoms with Gasteiger partial charge in [0, 0.05) is 24.4 Å². The number of nitrogens with one attached hydrogen (secondary N) is 1. The van der Waals surface area contributed by atoms with Crippen LogP contribution < -0.4 is 5.32 Å². The molecule has 2 aliphatic rings. The molecule has 0 aliphatic heterocycles. The van der Waals surface area contributed by atoms with E-state index in [9.17, 15) is 0 Å². The van der Waals surface area contributed by atoms with Crippen LogP contribution in [0.4, 0.5) is 0 Å². The molecular weight excluding hydrogens is 232 g/mol. The monoisotopic (exact) mass is 258 g/mol. The maximum Gasteiger partial charge on any atom is 0.0306 e. The first kappa shape index (κ1) is 13.1. The number of aromatic nitrogens is 1. The number of hydrogen-bond acceptors (Lipinski definition) is 2. The lowest BCUT2D eigenvalue weighted by Crippen LogP contribution is -2.55. The van der Waals surface area contributed by atoms with Crippen LogP contribution in [-0.4, -0.2) is 18.1 Å². The van der Waals surface area contributed by atoms with E-state index in [0.717, 1.165) is 13.1 Å². The minimum Gasteiger partial charge on any atom is -0.316 e. The normalized spacial score (nSPS) is 24.1. The zero-order chi connectivity index (χ0) is 13.2. The van der Waals surface area contributed by atoms with Crippen molar-refractivity contribution in [3.8, 4) is 0 Å². The molecule has 1 aromatic rings. The van der Waals surface area contributed by atoms with Crippen molar-refractivity contribution in [3.05, 3.63) is 30.1 Å². The van der Waals surface area contributed by atoms with Crippen LogP contribution in [0, 0.1) is 5.41 Å². The average Bonchev–Trinajstić information content (AvgIpc) is 2.44. The van der Waals surface area contributed by atoms with E-state index in [0.29, 0.717) is 10.8 Å². The van der Waals surface area contributed by atoms with Crippen LogP contribution in [0.3, 0.4) is 0 Å². The van der Waals surface area contributed by atoms with Gasteiger partial charge in [-0.05, 0) is 49.3 Å². The van der Waals surface area contributed by atoms with Crippen LogP contribution in [0.25, 0.3) is 0 Å². The minimum absolute atomic E-state index is 0.363. The lowest BCUT2D eigenvalue weighted by atomic mass is 9.47. The van der Waals surface area contributed by atoms with E-state index < -0.39 is 0 Å². The standard InChI is InChI=1S/C17H26N2/c1-2-18-14-17(15-7-6-10-19-11-15)12-16(13-17)8-4-3-5-9-16/h6-7,10-11,18H,2-5,8-9,12-14H2,1H3. The van der Waals surface area contributed by atoms with Gasteiger partial charge in [-0.25, -0.2) is 0 Å². The molecule has 2 nitrogen and oxygen atoms in total. The molecule has 1 spiro atoms. The number of likely N-dealkylation sites (N-methyl/N-ethyl adjacent to an activating group) is 1. The van der Waals surface area contributed by atoms with Crippen molar-refractivity contribution in [2.45, 2.75) is 57.3 Å². The minimum atomic E-state index is 0.363. The lowest BCUT2D eigenvalue weighted by Gasteiger charge is -2.58. The third-order valence-corrected chi connectivity index (χ3v) is 5.33. The summed E-state index contributed by atoms with van der Waals surface area (Å²) in [6, 6.07) is 4.37. The Labute approximate surface area is 117 Å². The fourth-order valence-electron chi connectivity index (χ4n) is 4.51. The van der Waals surface area contributed by atoms with Crippen LogP contribution in [0.1, 0.15) is 57.4 Å². The third-order valence-electron chi connectivity index (χ3n) is 5.33. The summed E-state index contributed by atoms with van der Waals surface area (Å²) in [7, 11) is 0. The Morgan fingerprint density at radius 2 is 2.00 bits per heavy atom. The number of pyridine rings is 1. The molecule has 0 unspecified atom stereocenters. The largest absolute Gasteiger partial charge is 0.316 e. The molecule has 2 heteroatoms. The molecule has 3 rings (SSSR count). The molecule has 104 valence electrons. The highest BCUT2D eigenvalue weighted by Gasteiger charge is 2.54. The molecular formula is C17H26N2. The van der Waals surface area contributed by atoms with E-state index in [-0.39, 0.29) is 0 Å². The van der Waals surface area contributed by atoms with Gasteiger partial charge < -0.3 is 5.32 Å². The summed E-state index contributed by atoms with van der Waals surface area (Å²) < 4.78 is 0. The van der Waals surface area contributed by atoms with Crippen LogP contribution in [-0.2, 0) is 5.41 Å². The molecule has 2 aliphatic carbocycles. The van der Waals surface area contributed by atoms with E-state index >= 15 is 0 Å². The van der Waals surface area contributed by atoms with Gasteiger partial charge in [0.1, 0.15) is 0 Å². The Balaban J connectivity index is 1.77. The number of hydrogen-bond donors (Lipinski definition) is 1. The smallest absolute Gasteiger partial charge is 0.0306 e. The van der Waals surface area contributed by atoms with Crippen molar-refractivity contribution >= 4 is 0 Å². The summed E-state index contributed by atoms with van der Waals surface area (Å²) >= 11 is 0. The average molecular weight is 258 g/mol. The Bertz CT molecular complexity index is 399. The Morgan fingerprint density at radius 1 is 1.21 bits per heavy atom. The second-order valence-electron chi connectivity index (χ2n) is 6.72. The molecule has 0 bridgehead atoms. The van der Waals surface area contributed by atoms with E-state index in [1.165, 1.54) is 50.5 Å². The molecule has 0 aromatic carbocycles. The molecule has 0 amide bonds. The molecule has 1 aromatic heterocycles. The van der Waals surface area contributed by atoms with E-state index in [1.807, 2.05) is 6.20 Å². The summed E-state index contributed by atoms with van der Waals surface area (Å²) in [6.45, 7) is 4.39. The number of rotatable bonds is 4. The van der Waals surface area contributed by atoms with Crippen molar-refractivity contribution in [1.29, 1.82) is 0 Å². The van der Waals surface area contributed by atoms with Gasteiger partial charge in [-0.1, -0.05) is 32.3 Å². The highest BCUT2D eigenvalue weighted by molar-refractivity contribution is 5.29. The Kier molecular flexibility index (Phi) is 3.62. The van der Waals surface area contributed by atoms with Gasteiger partial charge in [-0.15, -0.1) is 0 Å². The zero-order valence-electron chi connectivity index (χ0n) is 12.1. The molecule has 19 heavy (non-hydrogen) atoms. The highest BCUT2D eigenvalue weighted by atomic mass is 14.9. The number of nitrogens with zero attached hydrogens (tertiary/aromatic N) is 1. The SMILES string of the molecule is CCNCC1(c2cccnc2)CC2(CCCCC2)C1. The van der Waals surface area contributed by atoms with Gasteiger partial charge in [0.25, 0.3) is 0 Å². The van der Waals surface area contributed by atoms with Gasteiger partial charge in [0.15, 0.2) is 0 Å². The topological polar surface area (TPSA) is 24.9 Å². The summed E-state index contributed by atoms with van der Waals surface area (Å²) in [5.74, 6) is 0. The molecule has 1 heterocycles. The summed E-state index contributed by atoms with van der Waals surface area (Å²) in [6.07, 6.45) is 14.0. The van der Waals surface area contributed by atoms with Crippen LogP contribution >= 0.6 is 0 Å². The van der Waals surface area contributed by atoms with Gasteiger partial charge in [0.05, 0.1) is 0 Å². The molecule has 0 radical (unpaired) electrons. The molecule has 0 atom stereocenters. The van der Waals surface area contributed by atoms with Crippen molar-refractivity contribution in [2.75, 3.05) is 13.1 Å². The Morgan fingerprint density at radius 3 is 2.63 bits per heavy atom. The Hall–Kier alpha value is -0.890. The fraction of sp³-hybridized carbons (Fsp3) is 0.706. The van der Waals surface area contributed by atoms with Gasteiger partial charge in [0.2, 0.25) is 0 Å².